The van der Waals surface area contributed by atoms with Crippen molar-refractivity contribution in [1.29, 1.82) is 0 Å². The van der Waals surface area contributed by atoms with Crippen LogP contribution in [0.3, 0.4) is 0 Å². The summed E-state index contributed by atoms with van der Waals surface area (Å²) in [5, 5.41) is 1.51. The summed E-state index contributed by atoms with van der Waals surface area (Å²) in [5.74, 6) is 0. The molecule has 5 heteroatoms. The zero-order valence-corrected chi connectivity index (χ0v) is 12.1. The van der Waals surface area contributed by atoms with E-state index in [9.17, 15) is 0 Å². The summed E-state index contributed by atoms with van der Waals surface area (Å²) >= 11 is 7.89. The van der Waals surface area contributed by atoms with Crippen LogP contribution in [0.5, 0.6) is 0 Å². The predicted octanol–water partition coefficient (Wildman–Crippen LogP) is 3.72. The number of nitrogens with two attached hydrogens (primary N) is 1. The van der Waals surface area contributed by atoms with Gasteiger partial charge < -0.3 is 5.73 Å². The fraction of sp³-hybridized carbons (Fsp3) is 0.357. The Morgan fingerprint density at radius 3 is 3.00 bits per heavy atom. The quantitative estimate of drug-likeness (QED) is 0.938. The molecule has 1 atom stereocenters. The van der Waals surface area contributed by atoms with Gasteiger partial charge in [0, 0.05) is 28.7 Å². The average molecular weight is 294 g/mol. The van der Waals surface area contributed by atoms with Crippen LogP contribution < -0.4 is 5.73 Å². The monoisotopic (exact) mass is 293 g/mol. The molecule has 1 fully saturated rings. The molecule has 1 aromatic carbocycles. The Balaban J connectivity index is 1.80. The third-order valence-electron chi connectivity index (χ3n) is 3.56. The molecule has 100 valence electrons. The van der Waals surface area contributed by atoms with Crippen LogP contribution >= 0.6 is 22.9 Å². The van der Waals surface area contributed by atoms with Crippen molar-refractivity contribution >= 4 is 28.1 Å². The molecule has 1 aliphatic heterocycles. The summed E-state index contributed by atoms with van der Waals surface area (Å²) in [7, 11) is 0. The van der Waals surface area contributed by atoms with Crippen LogP contribution in [0.4, 0.5) is 5.13 Å². The minimum Gasteiger partial charge on any atom is -0.375 e. The predicted molar refractivity (Wildman–Crippen MR) is 80.4 cm³/mol. The van der Waals surface area contributed by atoms with Gasteiger partial charge in [-0.05, 0) is 31.0 Å². The van der Waals surface area contributed by atoms with Crippen molar-refractivity contribution < 1.29 is 0 Å². The number of anilines is 1. The molecule has 2 N–H and O–H groups in total. The maximum atomic E-state index is 6.32. The molecule has 0 aliphatic carbocycles. The molecule has 2 aromatic rings. The standard InChI is InChI=1S/C14H16ClN3S/c15-12-5-2-1-4-11(12)13-6-3-7-18(13)9-10-8-17-14(16)19-10/h1-2,4-5,8,13H,3,6-7,9H2,(H2,16,17). The number of nitrogen functional groups attached to an aromatic ring is 1. The SMILES string of the molecule is Nc1ncc(CN2CCCC2c2ccccc2Cl)s1. The molecule has 3 nitrogen and oxygen atoms in total. The third kappa shape index (κ3) is 2.76. The third-order valence-corrected chi connectivity index (χ3v) is 4.71. The highest BCUT2D eigenvalue weighted by molar-refractivity contribution is 7.15. The topological polar surface area (TPSA) is 42.1 Å². The Morgan fingerprint density at radius 1 is 1.42 bits per heavy atom. The Bertz CT molecular complexity index is 569. The number of benzene rings is 1. The molecular formula is C14H16ClN3S. The molecule has 0 bridgehead atoms. The van der Waals surface area contributed by atoms with E-state index in [1.165, 1.54) is 16.9 Å². The minimum absolute atomic E-state index is 0.414. The largest absolute Gasteiger partial charge is 0.375 e. The van der Waals surface area contributed by atoms with Gasteiger partial charge in [0.1, 0.15) is 0 Å². The fourth-order valence-electron chi connectivity index (χ4n) is 2.71. The van der Waals surface area contributed by atoms with E-state index in [1.807, 2.05) is 18.3 Å². The molecule has 0 radical (unpaired) electrons. The summed E-state index contributed by atoms with van der Waals surface area (Å²) in [6.45, 7) is 2.01. The molecule has 0 saturated carbocycles. The Hall–Kier alpha value is -1.10. The molecule has 0 spiro atoms. The summed E-state index contributed by atoms with van der Waals surface area (Å²) in [4.78, 5) is 7.80. The van der Waals surface area contributed by atoms with E-state index in [4.69, 9.17) is 17.3 Å². The van der Waals surface area contributed by atoms with Crippen molar-refractivity contribution in [1.82, 2.24) is 9.88 Å². The van der Waals surface area contributed by atoms with Crippen LogP contribution in [0.15, 0.2) is 30.5 Å². The van der Waals surface area contributed by atoms with Gasteiger partial charge in [-0.2, -0.15) is 0 Å². The first-order valence-corrected chi connectivity index (χ1v) is 7.62. The van der Waals surface area contributed by atoms with Gasteiger partial charge in [-0.3, -0.25) is 4.90 Å². The Morgan fingerprint density at radius 2 is 2.26 bits per heavy atom. The van der Waals surface area contributed by atoms with E-state index in [2.05, 4.69) is 22.0 Å². The zero-order valence-electron chi connectivity index (χ0n) is 10.6. The first-order chi connectivity index (χ1) is 9.24. The molecule has 0 amide bonds. The van der Waals surface area contributed by atoms with Gasteiger partial charge in [-0.25, -0.2) is 4.98 Å². The zero-order chi connectivity index (χ0) is 13.2. The van der Waals surface area contributed by atoms with E-state index >= 15 is 0 Å². The van der Waals surface area contributed by atoms with Gasteiger partial charge in [0.15, 0.2) is 5.13 Å². The molecule has 1 aliphatic rings. The lowest BCUT2D eigenvalue weighted by Gasteiger charge is -2.24. The van der Waals surface area contributed by atoms with Gasteiger partial charge >= 0.3 is 0 Å². The lowest BCUT2D eigenvalue weighted by atomic mass is 10.0. The Kier molecular flexibility index (Phi) is 3.73. The number of nitrogens with zero attached hydrogens (tertiary/aromatic N) is 2. The smallest absolute Gasteiger partial charge is 0.180 e. The van der Waals surface area contributed by atoms with Crippen molar-refractivity contribution in [2.75, 3.05) is 12.3 Å². The first kappa shape index (κ1) is 12.9. The summed E-state index contributed by atoms with van der Waals surface area (Å²) in [6, 6.07) is 8.55. The number of thiazole rings is 1. The van der Waals surface area contributed by atoms with Crippen LogP contribution in [0, 0.1) is 0 Å². The highest BCUT2D eigenvalue weighted by atomic mass is 35.5. The number of halogens is 1. The highest BCUT2D eigenvalue weighted by Crippen LogP contribution is 2.37. The van der Waals surface area contributed by atoms with Crippen molar-refractivity contribution in [2.45, 2.75) is 25.4 Å². The van der Waals surface area contributed by atoms with E-state index < -0.39 is 0 Å². The maximum Gasteiger partial charge on any atom is 0.180 e. The van der Waals surface area contributed by atoms with E-state index in [1.54, 1.807) is 11.3 Å². The second kappa shape index (κ2) is 5.49. The summed E-state index contributed by atoms with van der Waals surface area (Å²) < 4.78 is 0. The van der Waals surface area contributed by atoms with Crippen LogP contribution in [-0.4, -0.2) is 16.4 Å². The van der Waals surface area contributed by atoms with Crippen molar-refractivity contribution in [3.05, 3.63) is 45.9 Å². The second-order valence-electron chi connectivity index (χ2n) is 4.81. The number of hydrogen-bond acceptors (Lipinski definition) is 4. The molecule has 1 saturated heterocycles. The molecule has 1 unspecified atom stereocenters. The van der Waals surface area contributed by atoms with Crippen molar-refractivity contribution in [3.63, 3.8) is 0 Å². The van der Waals surface area contributed by atoms with Crippen LogP contribution in [0.1, 0.15) is 29.3 Å². The van der Waals surface area contributed by atoms with Gasteiger partial charge in [0.05, 0.1) is 0 Å². The lowest BCUT2D eigenvalue weighted by Crippen LogP contribution is -2.22. The number of aromatic nitrogens is 1. The average Bonchev–Trinajstić information content (AvgIpc) is 3.00. The van der Waals surface area contributed by atoms with Gasteiger partial charge in [0.25, 0.3) is 0 Å². The van der Waals surface area contributed by atoms with Crippen LogP contribution in [0.25, 0.3) is 0 Å². The van der Waals surface area contributed by atoms with Crippen molar-refractivity contribution in [3.8, 4) is 0 Å². The lowest BCUT2D eigenvalue weighted by molar-refractivity contribution is 0.250. The van der Waals surface area contributed by atoms with E-state index in [0.717, 1.165) is 24.5 Å². The van der Waals surface area contributed by atoms with E-state index in [-0.39, 0.29) is 0 Å². The molecule has 3 rings (SSSR count). The fourth-order valence-corrected chi connectivity index (χ4v) is 3.68. The summed E-state index contributed by atoms with van der Waals surface area (Å²) in [5.41, 5.74) is 6.93. The van der Waals surface area contributed by atoms with Gasteiger partial charge in [-0.15, -0.1) is 11.3 Å². The normalized spacial score (nSPS) is 19.9. The summed E-state index contributed by atoms with van der Waals surface area (Å²) in [6.07, 6.45) is 4.25. The second-order valence-corrected chi connectivity index (χ2v) is 6.37. The number of hydrogen-bond donors (Lipinski definition) is 1. The maximum absolute atomic E-state index is 6.32. The van der Waals surface area contributed by atoms with E-state index in [0.29, 0.717) is 11.2 Å². The number of rotatable bonds is 3. The van der Waals surface area contributed by atoms with Crippen molar-refractivity contribution in [2.24, 2.45) is 0 Å². The number of likely N-dealkylation sites (tertiary alicyclic amines) is 1. The Labute approximate surface area is 122 Å². The molecule has 1 aromatic heterocycles. The minimum atomic E-state index is 0.414. The molecular weight excluding hydrogens is 278 g/mol. The van der Waals surface area contributed by atoms with Gasteiger partial charge in [-0.1, -0.05) is 29.8 Å². The first-order valence-electron chi connectivity index (χ1n) is 6.42. The molecule has 19 heavy (non-hydrogen) atoms. The van der Waals surface area contributed by atoms with Crippen LogP contribution in [-0.2, 0) is 6.54 Å². The highest BCUT2D eigenvalue weighted by Gasteiger charge is 2.27. The van der Waals surface area contributed by atoms with Gasteiger partial charge in [0.2, 0.25) is 0 Å². The van der Waals surface area contributed by atoms with Crippen LogP contribution in [0.2, 0.25) is 5.02 Å². The molecule has 2 heterocycles.